The van der Waals surface area contributed by atoms with E-state index in [2.05, 4.69) is 10.6 Å². The number of fused-ring (bicyclic) bond motifs is 1. The fourth-order valence-corrected chi connectivity index (χ4v) is 7.15. The molecule has 4 fully saturated rings. The Morgan fingerprint density at radius 2 is 1.58 bits per heavy atom. The molecule has 36 heavy (non-hydrogen) atoms. The maximum absolute atomic E-state index is 13.3. The predicted octanol–water partition coefficient (Wildman–Crippen LogP) is 5.53. The van der Waals surface area contributed by atoms with E-state index in [0.717, 1.165) is 28.5 Å². The van der Waals surface area contributed by atoms with E-state index in [-0.39, 0.29) is 23.9 Å². The van der Waals surface area contributed by atoms with E-state index in [1.54, 1.807) is 6.07 Å². The summed E-state index contributed by atoms with van der Waals surface area (Å²) in [6.45, 7) is 0.575. The van der Waals surface area contributed by atoms with Gasteiger partial charge in [-0.3, -0.25) is 4.79 Å². The van der Waals surface area contributed by atoms with E-state index in [1.165, 1.54) is 62.8 Å². The second-order valence-electron chi connectivity index (χ2n) is 11.2. The highest BCUT2D eigenvalue weighted by molar-refractivity contribution is 6.08. The first-order valence-corrected chi connectivity index (χ1v) is 13.1. The number of hydrogen-bond acceptors (Lipinski definition) is 4. The van der Waals surface area contributed by atoms with Crippen LogP contribution < -0.4 is 15.4 Å². The first-order valence-electron chi connectivity index (χ1n) is 13.1. The normalized spacial score (nSPS) is 27.2. The zero-order valence-electron chi connectivity index (χ0n) is 20.4. The number of nitrogens with one attached hydrogen (secondary N) is 2. The SMILES string of the molecule is O=C(Nc1ccc(F)cc1)c1cc2ccccc2cc1OCC(O)CNC12CC3CC(CC(C3)C1)C2. The average Bonchev–Trinajstić information content (AvgIpc) is 2.86. The number of halogens is 1. The Hall–Kier alpha value is -2.96. The zero-order valence-corrected chi connectivity index (χ0v) is 20.4. The van der Waals surface area contributed by atoms with Gasteiger partial charge in [-0.25, -0.2) is 4.39 Å². The maximum Gasteiger partial charge on any atom is 0.259 e. The van der Waals surface area contributed by atoms with Crippen molar-refractivity contribution in [2.45, 2.75) is 50.2 Å². The molecule has 5 nitrogen and oxygen atoms in total. The summed E-state index contributed by atoms with van der Waals surface area (Å²) in [5.41, 5.74) is 1.05. The largest absolute Gasteiger partial charge is 0.490 e. The van der Waals surface area contributed by atoms with Crippen molar-refractivity contribution in [3.63, 3.8) is 0 Å². The fourth-order valence-electron chi connectivity index (χ4n) is 7.15. The molecule has 7 rings (SSSR count). The van der Waals surface area contributed by atoms with Crippen molar-refractivity contribution in [2.24, 2.45) is 17.8 Å². The minimum atomic E-state index is -0.683. The van der Waals surface area contributed by atoms with E-state index in [0.29, 0.717) is 23.5 Å². The molecule has 3 N–H and O–H groups in total. The monoisotopic (exact) mass is 488 g/mol. The van der Waals surface area contributed by atoms with Gasteiger partial charge in [0.1, 0.15) is 24.3 Å². The number of anilines is 1. The maximum atomic E-state index is 13.3. The molecule has 188 valence electrons. The molecule has 4 saturated carbocycles. The molecule has 4 bridgehead atoms. The Kier molecular flexibility index (Phi) is 6.18. The van der Waals surface area contributed by atoms with Crippen molar-refractivity contribution in [2.75, 3.05) is 18.5 Å². The van der Waals surface area contributed by atoms with Crippen LogP contribution in [0.15, 0.2) is 60.7 Å². The molecular weight excluding hydrogens is 455 g/mol. The molecule has 0 aliphatic heterocycles. The van der Waals surface area contributed by atoms with Crippen molar-refractivity contribution in [1.82, 2.24) is 5.32 Å². The average molecular weight is 489 g/mol. The minimum Gasteiger partial charge on any atom is -0.490 e. The summed E-state index contributed by atoms with van der Waals surface area (Å²) in [6.07, 6.45) is 7.16. The Balaban J connectivity index is 1.14. The minimum absolute atomic E-state index is 0.0918. The van der Waals surface area contributed by atoms with Gasteiger partial charge in [0.15, 0.2) is 0 Å². The number of aliphatic hydroxyl groups excluding tert-OH is 1. The molecule has 1 unspecified atom stereocenters. The predicted molar refractivity (Wildman–Crippen MR) is 139 cm³/mol. The van der Waals surface area contributed by atoms with Crippen LogP contribution in [0.3, 0.4) is 0 Å². The summed E-state index contributed by atoms with van der Waals surface area (Å²) in [4.78, 5) is 13.1. The van der Waals surface area contributed by atoms with Crippen molar-refractivity contribution in [3.8, 4) is 5.75 Å². The van der Waals surface area contributed by atoms with E-state index in [4.69, 9.17) is 4.74 Å². The number of aliphatic hydroxyl groups is 1. The van der Waals surface area contributed by atoms with Crippen molar-refractivity contribution >= 4 is 22.4 Å². The third kappa shape index (κ3) is 4.84. The Bertz CT molecular complexity index is 1220. The van der Waals surface area contributed by atoms with Crippen LogP contribution in [0.4, 0.5) is 10.1 Å². The molecule has 0 aromatic heterocycles. The summed E-state index contributed by atoms with van der Waals surface area (Å²) in [7, 11) is 0. The summed E-state index contributed by atoms with van der Waals surface area (Å²) in [5.74, 6) is 2.25. The number of carbonyl (C=O) groups is 1. The highest BCUT2D eigenvalue weighted by Gasteiger charge is 2.50. The molecule has 4 aliphatic carbocycles. The third-order valence-electron chi connectivity index (χ3n) is 8.38. The lowest BCUT2D eigenvalue weighted by molar-refractivity contribution is -0.0266. The number of carbonyl (C=O) groups excluding carboxylic acids is 1. The lowest BCUT2D eigenvalue weighted by Gasteiger charge is -2.57. The molecule has 1 atom stereocenters. The molecule has 6 heteroatoms. The van der Waals surface area contributed by atoms with Gasteiger partial charge in [-0.15, -0.1) is 0 Å². The van der Waals surface area contributed by atoms with Gasteiger partial charge in [0.05, 0.1) is 5.56 Å². The molecule has 1 amide bonds. The molecule has 0 saturated heterocycles. The molecule has 3 aromatic carbocycles. The van der Waals surface area contributed by atoms with Crippen LogP contribution in [0.2, 0.25) is 0 Å². The van der Waals surface area contributed by atoms with E-state index in [1.807, 2.05) is 30.3 Å². The van der Waals surface area contributed by atoms with Gasteiger partial charge >= 0.3 is 0 Å². The molecular formula is C30H33FN2O3. The van der Waals surface area contributed by atoms with Crippen LogP contribution in [0, 0.1) is 23.6 Å². The van der Waals surface area contributed by atoms with Crippen molar-refractivity contribution < 1.29 is 19.0 Å². The molecule has 0 spiro atoms. The number of amides is 1. The van der Waals surface area contributed by atoms with Gasteiger partial charge in [-0.1, -0.05) is 24.3 Å². The quantitative estimate of drug-likeness (QED) is 0.390. The molecule has 0 radical (unpaired) electrons. The van der Waals surface area contributed by atoms with Crippen LogP contribution in [-0.4, -0.2) is 35.8 Å². The first kappa shape index (κ1) is 23.4. The van der Waals surface area contributed by atoms with E-state index < -0.39 is 6.10 Å². The van der Waals surface area contributed by atoms with Crippen LogP contribution in [0.5, 0.6) is 5.75 Å². The van der Waals surface area contributed by atoms with Gasteiger partial charge in [0, 0.05) is 17.8 Å². The zero-order chi connectivity index (χ0) is 24.7. The lowest BCUT2D eigenvalue weighted by atomic mass is 9.53. The van der Waals surface area contributed by atoms with Crippen LogP contribution in [-0.2, 0) is 0 Å². The summed E-state index contributed by atoms with van der Waals surface area (Å²) < 4.78 is 19.3. The lowest BCUT2D eigenvalue weighted by Crippen LogP contribution is -2.59. The number of benzene rings is 3. The molecule has 4 aliphatic rings. The number of rotatable bonds is 8. The highest BCUT2D eigenvalue weighted by Crippen LogP contribution is 2.55. The fraction of sp³-hybridized carbons (Fsp3) is 0.433. The van der Waals surface area contributed by atoms with E-state index in [9.17, 15) is 14.3 Å². The van der Waals surface area contributed by atoms with Crippen molar-refractivity contribution in [1.29, 1.82) is 0 Å². The number of β-amino-alcohol motifs (C(OH)–C–C–N with tert-alkyl or cyclic N) is 1. The van der Waals surface area contributed by atoms with Gasteiger partial charge in [-0.2, -0.15) is 0 Å². The van der Waals surface area contributed by atoms with Gasteiger partial charge < -0.3 is 20.5 Å². The van der Waals surface area contributed by atoms with Gasteiger partial charge in [0.2, 0.25) is 0 Å². The Morgan fingerprint density at radius 1 is 0.972 bits per heavy atom. The topological polar surface area (TPSA) is 70.6 Å². The van der Waals surface area contributed by atoms with Gasteiger partial charge in [-0.05, 0) is 103 Å². The smallest absolute Gasteiger partial charge is 0.259 e. The summed E-state index contributed by atoms with van der Waals surface area (Å²) in [5, 5.41) is 19.2. The standard InChI is InChI=1S/C30H33FN2O3/c31-24-5-7-25(8-6-24)33-29(35)27-12-22-3-1-2-4-23(22)13-28(27)36-18-26(34)17-32-30-14-19-9-20(15-30)11-21(10-19)16-30/h1-8,12-13,19-21,26,32,34H,9-11,14-18H2,(H,33,35). The van der Waals surface area contributed by atoms with E-state index >= 15 is 0 Å². The Morgan fingerprint density at radius 3 is 2.22 bits per heavy atom. The third-order valence-corrected chi connectivity index (χ3v) is 8.38. The summed E-state index contributed by atoms with van der Waals surface area (Å²) >= 11 is 0. The number of hydrogen-bond donors (Lipinski definition) is 3. The second-order valence-corrected chi connectivity index (χ2v) is 11.2. The highest BCUT2D eigenvalue weighted by atomic mass is 19.1. The van der Waals surface area contributed by atoms with Crippen molar-refractivity contribution in [3.05, 3.63) is 72.0 Å². The molecule has 0 heterocycles. The van der Waals surface area contributed by atoms with Crippen LogP contribution in [0.25, 0.3) is 10.8 Å². The Labute approximate surface area is 211 Å². The first-order chi connectivity index (χ1) is 17.4. The van der Waals surface area contributed by atoms with Gasteiger partial charge in [0.25, 0.3) is 5.91 Å². The molecule has 3 aromatic rings. The summed E-state index contributed by atoms with van der Waals surface area (Å²) in [6, 6.07) is 17.1. The second kappa shape index (κ2) is 9.49. The number of ether oxygens (including phenoxy) is 1. The van der Waals surface area contributed by atoms with Crippen LogP contribution in [0.1, 0.15) is 48.9 Å². The van der Waals surface area contributed by atoms with Crippen LogP contribution >= 0.6 is 0 Å².